The third-order valence-electron chi connectivity index (χ3n) is 3.63. The third kappa shape index (κ3) is 3.70. The minimum absolute atomic E-state index is 0.0284. The van der Waals surface area contributed by atoms with E-state index in [1.54, 1.807) is 13.2 Å². The number of hydrogen-bond acceptors (Lipinski definition) is 4. The lowest BCUT2D eigenvalue weighted by molar-refractivity contribution is 0.0608. The Morgan fingerprint density at radius 3 is 2.85 bits per heavy atom. The quantitative estimate of drug-likeness (QED) is 0.894. The van der Waals surface area contributed by atoms with E-state index in [4.69, 9.17) is 4.74 Å². The number of carbonyl (C=O) groups is 1. The van der Waals surface area contributed by atoms with Gasteiger partial charge < -0.3 is 15.0 Å². The predicted octanol–water partition coefficient (Wildman–Crippen LogP) is 2.01. The lowest BCUT2D eigenvalue weighted by atomic mass is 9.97. The van der Waals surface area contributed by atoms with Crippen molar-refractivity contribution < 1.29 is 9.53 Å². The van der Waals surface area contributed by atoms with Crippen molar-refractivity contribution in [1.82, 2.24) is 9.88 Å². The second kappa shape index (κ2) is 7.24. The van der Waals surface area contributed by atoms with Crippen LogP contribution in [0.15, 0.2) is 18.2 Å². The van der Waals surface area contributed by atoms with Gasteiger partial charge in [-0.2, -0.15) is 0 Å². The first-order chi connectivity index (χ1) is 9.74. The van der Waals surface area contributed by atoms with Crippen LogP contribution in [0, 0.1) is 5.92 Å². The van der Waals surface area contributed by atoms with Crippen molar-refractivity contribution in [1.29, 1.82) is 0 Å². The molecule has 0 spiro atoms. The zero-order valence-electron chi connectivity index (χ0n) is 12.3. The summed E-state index contributed by atoms with van der Waals surface area (Å²) in [6.07, 6.45) is 2.01. The molecule has 5 heteroatoms. The maximum atomic E-state index is 12.4. The van der Waals surface area contributed by atoms with Gasteiger partial charge in [0.2, 0.25) is 0 Å². The van der Waals surface area contributed by atoms with Gasteiger partial charge >= 0.3 is 0 Å². The van der Waals surface area contributed by atoms with Crippen molar-refractivity contribution in [2.24, 2.45) is 5.92 Å². The van der Waals surface area contributed by atoms with Crippen LogP contribution in [0.4, 0.5) is 5.82 Å². The number of pyridine rings is 1. The molecule has 20 heavy (non-hydrogen) atoms. The van der Waals surface area contributed by atoms with Crippen LogP contribution in [-0.4, -0.2) is 49.1 Å². The summed E-state index contributed by atoms with van der Waals surface area (Å²) in [4.78, 5) is 18.7. The summed E-state index contributed by atoms with van der Waals surface area (Å²) in [5.74, 6) is 1.36. The first kappa shape index (κ1) is 14.8. The molecule has 1 aromatic rings. The van der Waals surface area contributed by atoms with E-state index >= 15 is 0 Å². The predicted molar refractivity (Wildman–Crippen MR) is 78.9 cm³/mol. The van der Waals surface area contributed by atoms with Crippen molar-refractivity contribution in [3.8, 4) is 0 Å². The summed E-state index contributed by atoms with van der Waals surface area (Å²) >= 11 is 0. The summed E-state index contributed by atoms with van der Waals surface area (Å²) < 4.78 is 5.18. The van der Waals surface area contributed by atoms with Gasteiger partial charge in [-0.15, -0.1) is 0 Å². The van der Waals surface area contributed by atoms with E-state index in [2.05, 4.69) is 10.3 Å². The normalized spacial score (nSPS) is 16.2. The molecule has 1 aromatic heterocycles. The van der Waals surface area contributed by atoms with E-state index in [1.807, 2.05) is 24.0 Å². The Hall–Kier alpha value is -1.62. The Bertz CT molecular complexity index is 442. The van der Waals surface area contributed by atoms with Gasteiger partial charge in [0.15, 0.2) is 0 Å². The van der Waals surface area contributed by atoms with Crippen LogP contribution < -0.4 is 5.32 Å². The number of anilines is 1. The first-order valence-electron chi connectivity index (χ1n) is 7.23. The van der Waals surface area contributed by atoms with Crippen molar-refractivity contribution >= 4 is 11.7 Å². The first-order valence-corrected chi connectivity index (χ1v) is 7.23. The molecule has 1 saturated heterocycles. The summed E-state index contributed by atoms with van der Waals surface area (Å²) in [7, 11) is 1.73. The van der Waals surface area contributed by atoms with Crippen molar-refractivity contribution in [2.45, 2.75) is 19.8 Å². The van der Waals surface area contributed by atoms with Crippen LogP contribution in [0.5, 0.6) is 0 Å². The lowest BCUT2D eigenvalue weighted by Crippen LogP contribution is -2.39. The molecule has 1 N–H and O–H groups in total. The number of likely N-dealkylation sites (tertiary alicyclic amines) is 1. The number of nitrogens with one attached hydrogen (secondary N) is 1. The van der Waals surface area contributed by atoms with E-state index in [9.17, 15) is 4.79 Å². The minimum Gasteiger partial charge on any atom is -0.384 e. The molecule has 0 radical (unpaired) electrons. The highest BCUT2D eigenvalue weighted by Gasteiger charge is 2.24. The Morgan fingerprint density at radius 2 is 2.20 bits per heavy atom. The summed E-state index contributed by atoms with van der Waals surface area (Å²) in [5.41, 5.74) is 0.522. The lowest BCUT2D eigenvalue weighted by Gasteiger charge is -2.31. The molecule has 1 aliphatic rings. The zero-order chi connectivity index (χ0) is 14.4. The number of hydrogen-bond donors (Lipinski definition) is 1. The van der Waals surface area contributed by atoms with E-state index in [-0.39, 0.29) is 5.91 Å². The highest BCUT2D eigenvalue weighted by molar-refractivity contribution is 5.92. The van der Waals surface area contributed by atoms with Crippen LogP contribution in [0.2, 0.25) is 0 Å². The number of aromatic nitrogens is 1. The number of amides is 1. The molecule has 0 aromatic carbocycles. The van der Waals surface area contributed by atoms with Gasteiger partial charge in [-0.05, 0) is 37.8 Å². The molecule has 0 saturated carbocycles. The number of methoxy groups -OCH3 is 1. The fourth-order valence-corrected chi connectivity index (χ4v) is 2.53. The van der Waals surface area contributed by atoms with E-state index in [0.29, 0.717) is 11.6 Å². The van der Waals surface area contributed by atoms with Gasteiger partial charge in [0, 0.05) is 33.4 Å². The maximum Gasteiger partial charge on any atom is 0.272 e. The van der Waals surface area contributed by atoms with Crippen molar-refractivity contribution in [2.75, 3.05) is 38.7 Å². The second-order valence-electron chi connectivity index (χ2n) is 5.13. The molecule has 1 fully saturated rings. The van der Waals surface area contributed by atoms with Gasteiger partial charge in [-0.25, -0.2) is 4.98 Å². The summed E-state index contributed by atoms with van der Waals surface area (Å²) in [5, 5.41) is 3.13. The molecule has 1 aliphatic heterocycles. The maximum absolute atomic E-state index is 12.4. The molecule has 1 amide bonds. The van der Waals surface area contributed by atoms with Crippen LogP contribution in [0.25, 0.3) is 0 Å². The Kier molecular flexibility index (Phi) is 5.35. The highest BCUT2D eigenvalue weighted by atomic mass is 16.5. The SMILES string of the molecule is CCNc1cccc(C(=O)N2CCC(COC)CC2)n1. The molecule has 0 aliphatic carbocycles. The average Bonchev–Trinajstić information content (AvgIpc) is 2.48. The fraction of sp³-hybridized carbons (Fsp3) is 0.600. The second-order valence-corrected chi connectivity index (χ2v) is 5.13. The van der Waals surface area contributed by atoms with E-state index in [1.165, 1.54) is 0 Å². The Labute approximate surface area is 120 Å². The van der Waals surface area contributed by atoms with Gasteiger partial charge in [-0.1, -0.05) is 6.07 Å². The molecule has 2 heterocycles. The number of nitrogens with zero attached hydrogens (tertiary/aromatic N) is 2. The molecule has 0 atom stereocenters. The molecular weight excluding hydrogens is 254 g/mol. The molecular formula is C15H23N3O2. The van der Waals surface area contributed by atoms with E-state index in [0.717, 1.165) is 44.9 Å². The van der Waals surface area contributed by atoms with Crippen LogP contribution in [0.1, 0.15) is 30.3 Å². The van der Waals surface area contributed by atoms with Crippen molar-refractivity contribution in [3.05, 3.63) is 23.9 Å². The highest BCUT2D eigenvalue weighted by Crippen LogP contribution is 2.19. The Morgan fingerprint density at radius 1 is 1.45 bits per heavy atom. The number of carbonyl (C=O) groups excluding carboxylic acids is 1. The van der Waals surface area contributed by atoms with Crippen LogP contribution in [-0.2, 0) is 4.74 Å². The summed E-state index contributed by atoms with van der Waals surface area (Å²) in [6, 6.07) is 5.53. The standard InChI is InChI=1S/C15H23N3O2/c1-3-16-14-6-4-5-13(17-14)15(19)18-9-7-12(8-10-18)11-20-2/h4-6,12H,3,7-11H2,1-2H3,(H,16,17). The van der Waals surface area contributed by atoms with Gasteiger partial charge in [0.05, 0.1) is 0 Å². The van der Waals surface area contributed by atoms with Gasteiger partial charge in [0.1, 0.15) is 11.5 Å². The average molecular weight is 277 g/mol. The van der Waals surface area contributed by atoms with E-state index < -0.39 is 0 Å². The molecule has 110 valence electrons. The zero-order valence-corrected chi connectivity index (χ0v) is 12.3. The van der Waals surface area contributed by atoms with Gasteiger partial charge in [-0.3, -0.25) is 4.79 Å². The topological polar surface area (TPSA) is 54.5 Å². The van der Waals surface area contributed by atoms with Crippen LogP contribution in [0.3, 0.4) is 0 Å². The molecule has 5 nitrogen and oxygen atoms in total. The summed E-state index contributed by atoms with van der Waals surface area (Å²) in [6.45, 7) is 5.18. The molecule has 0 bridgehead atoms. The number of ether oxygens (including phenoxy) is 1. The smallest absolute Gasteiger partial charge is 0.272 e. The fourth-order valence-electron chi connectivity index (χ4n) is 2.53. The minimum atomic E-state index is 0.0284. The Balaban J connectivity index is 1.96. The number of rotatable bonds is 5. The van der Waals surface area contributed by atoms with Crippen LogP contribution >= 0.6 is 0 Å². The monoisotopic (exact) mass is 277 g/mol. The molecule has 2 rings (SSSR count). The van der Waals surface area contributed by atoms with Crippen molar-refractivity contribution in [3.63, 3.8) is 0 Å². The van der Waals surface area contributed by atoms with Gasteiger partial charge in [0.25, 0.3) is 5.91 Å². The largest absolute Gasteiger partial charge is 0.384 e. The molecule has 0 unspecified atom stereocenters. The third-order valence-corrected chi connectivity index (χ3v) is 3.63. The number of piperidine rings is 1.